The van der Waals surface area contributed by atoms with Gasteiger partial charge >= 0.3 is 0 Å². The van der Waals surface area contributed by atoms with E-state index in [4.69, 9.17) is 4.74 Å². The highest BCUT2D eigenvalue weighted by Crippen LogP contribution is 2.10. The molecule has 0 aliphatic carbocycles. The molecule has 1 aromatic rings. The molecule has 1 rings (SSSR count). The van der Waals surface area contributed by atoms with E-state index in [1.807, 2.05) is 6.92 Å². The number of hydrogen-bond donors (Lipinski definition) is 0. The fraction of sp³-hybridized carbons (Fsp3) is 0.417. The first-order chi connectivity index (χ1) is 7.15. The smallest absolute Gasteiger partial charge is 0.191 e. The van der Waals surface area contributed by atoms with Crippen molar-refractivity contribution in [2.24, 2.45) is 0 Å². The van der Waals surface area contributed by atoms with E-state index >= 15 is 0 Å². The molecule has 0 saturated heterocycles. The Morgan fingerprint density at radius 3 is 2.80 bits per heavy atom. The number of benzene rings is 1. The Morgan fingerprint density at radius 2 is 2.20 bits per heavy atom. The van der Waals surface area contributed by atoms with E-state index < -0.39 is 5.82 Å². The minimum absolute atomic E-state index is 0.0478. The third-order valence-corrected chi connectivity index (χ3v) is 2.01. The van der Waals surface area contributed by atoms with Gasteiger partial charge < -0.3 is 4.74 Å². The fourth-order valence-corrected chi connectivity index (χ4v) is 1.23. The maximum Gasteiger partial charge on any atom is 0.191 e. The van der Waals surface area contributed by atoms with Crippen LogP contribution in [0.3, 0.4) is 0 Å². The normalized spacial score (nSPS) is 10.3. The van der Waals surface area contributed by atoms with Gasteiger partial charge in [0.05, 0.1) is 5.56 Å². The molecule has 0 fully saturated rings. The van der Waals surface area contributed by atoms with Crippen LogP contribution in [0.15, 0.2) is 18.2 Å². The van der Waals surface area contributed by atoms with Crippen LogP contribution >= 0.6 is 0 Å². The maximum atomic E-state index is 13.3. The molecule has 0 aliphatic rings. The van der Waals surface area contributed by atoms with E-state index in [9.17, 15) is 9.18 Å². The Labute approximate surface area is 89.1 Å². The number of halogens is 1. The Hall–Kier alpha value is -1.22. The quantitative estimate of drug-likeness (QED) is 0.551. The average molecular weight is 210 g/mol. The van der Waals surface area contributed by atoms with Crippen LogP contribution in [0.5, 0.6) is 0 Å². The monoisotopic (exact) mass is 210 g/mol. The molecule has 0 atom stereocenters. The fourth-order valence-electron chi connectivity index (χ4n) is 1.23. The summed E-state index contributed by atoms with van der Waals surface area (Å²) in [6.07, 6.45) is 0.851. The van der Waals surface area contributed by atoms with Gasteiger partial charge in [-0.15, -0.1) is 0 Å². The largest absolute Gasteiger partial charge is 0.373 e. The summed E-state index contributed by atoms with van der Waals surface area (Å²) >= 11 is 0. The topological polar surface area (TPSA) is 26.3 Å². The molecule has 0 heterocycles. The number of carbonyl (C=O) groups excluding carboxylic acids is 1. The van der Waals surface area contributed by atoms with E-state index in [0.717, 1.165) is 12.0 Å². The van der Waals surface area contributed by atoms with Gasteiger partial charge in [-0.1, -0.05) is 13.0 Å². The van der Waals surface area contributed by atoms with Crippen molar-refractivity contribution in [1.82, 2.24) is 0 Å². The predicted octanol–water partition coefficient (Wildman–Crippen LogP) is 2.74. The first-order valence-corrected chi connectivity index (χ1v) is 5.02. The van der Waals surface area contributed by atoms with Crippen molar-refractivity contribution in [3.8, 4) is 0 Å². The third-order valence-electron chi connectivity index (χ3n) is 2.01. The van der Waals surface area contributed by atoms with Crippen molar-refractivity contribution < 1.29 is 13.9 Å². The minimum atomic E-state index is -0.472. The Bertz CT molecular complexity index is 347. The summed E-state index contributed by atoms with van der Waals surface area (Å²) in [6.45, 7) is 4.22. The molecular formula is C12H15FO2. The van der Waals surface area contributed by atoms with Crippen LogP contribution in [0.1, 0.15) is 29.3 Å². The Kier molecular flexibility index (Phi) is 4.43. The molecule has 82 valence electrons. The van der Waals surface area contributed by atoms with Crippen LogP contribution in [0.4, 0.5) is 4.39 Å². The van der Waals surface area contributed by atoms with E-state index in [-0.39, 0.29) is 18.0 Å². The highest BCUT2D eigenvalue weighted by molar-refractivity contribution is 5.97. The molecule has 0 bridgehead atoms. The van der Waals surface area contributed by atoms with Gasteiger partial charge in [0.25, 0.3) is 0 Å². The van der Waals surface area contributed by atoms with E-state index in [2.05, 4.69) is 0 Å². The maximum absolute atomic E-state index is 13.3. The highest BCUT2D eigenvalue weighted by atomic mass is 19.1. The summed E-state index contributed by atoms with van der Waals surface area (Å²) in [4.78, 5) is 11.5. The molecular weight excluding hydrogens is 195 g/mol. The number of rotatable bonds is 5. The molecule has 0 aliphatic heterocycles. The molecule has 3 heteroatoms. The van der Waals surface area contributed by atoms with Gasteiger partial charge in [0, 0.05) is 6.61 Å². The second kappa shape index (κ2) is 5.61. The van der Waals surface area contributed by atoms with Crippen LogP contribution in [0.2, 0.25) is 0 Å². The van der Waals surface area contributed by atoms with Gasteiger partial charge in [0.15, 0.2) is 5.78 Å². The van der Waals surface area contributed by atoms with Crippen LogP contribution in [-0.4, -0.2) is 19.0 Å². The predicted molar refractivity (Wildman–Crippen MR) is 56.6 cm³/mol. The van der Waals surface area contributed by atoms with Gasteiger partial charge in [-0.2, -0.15) is 0 Å². The summed E-state index contributed by atoms with van der Waals surface area (Å²) in [6, 6.07) is 4.57. The lowest BCUT2D eigenvalue weighted by Gasteiger charge is -2.04. The van der Waals surface area contributed by atoms with Crippen LogP contribution in [0.25, 0.3) is 0 Å². The highest BCUT2D eigenvalue weighted by Gasteiger charge is 2.11. The molecule has 2 nitrogen and oxygen atoms in total. The summed E-state index contributed by atoms with van der Waals surface area (Å²) in [5.74, 6) is -0.777. The number of hydrogen-bond acceptors (Lipinski definition) is 2. The summed E-state index contributed by atoms with van der Waals surface area (Å²) in [7, 11) is 0. The van der Waals surface area contributed by atoms with Crippen molar-refractivity contribution >= 4 is 5.78 Å². The summed E-state index contributed by atoms with van der Waals surface area (Å²) in [5.41, 5.74) is 0.912. The molecule has 0 amide bonds. The zero-order valence-corrected chi connectivity index (χ0v) is 9.05. The van der Waals surface area contributed by atoms with Gasteiger partial charge in [-0.05, 0) is 31.0 Å². The SMILES string of the molecule is CCCOCC(=O)c1ccc(C)cc1F. The zero-order chi connectivity index (χ0) is 11.3. The second-order valence-electron chi connectivity index (χ2n) is 3.46. The lowest BCUT2D eigenvalue weighted by Crippen LogP contribution is -2.11. The minimum Gasteiger partial charge on any atom is -0.373 e. The summed E-state index contributed by atoms with van der Waals surface area (Å²) < 4.78 is 18.4. The lowest BCUT2D eigenvalue weighted by molar-refractivity contribution is 0.0757. The van der Waals surface area contributed by atoms with Crippen molar-refractivity contribution in [3.05, 3.63) is 35.1 Å². The molecule has 0 N–H and O–H groups in total. The Morgan fingerprint density at radius 1 is 1.47 bits per heavy atom. The van der Waals surface area contributed by atoms with Gasteiger partial charge in [-0.25, -0.2) is 4.39 Å². The van der Waals surface area contributed by atoms with E-state index in [1.165, 1.54) is 12.1 Å². The molecule has 0 radical (unpaired) electrons. The van der Waals surface area contributed by atoms with Crippen LogP contribution < -0.4 is 0 Å². The number of ether oxygens (including phenoxy) is 1. The van der Waals surface area contributed by atoms with Gasteiger partial charge in [0.1, 0.15) is 12.4 Å². The van der Waals surface area contributed by atoms with Crippen LogP contribution in [0, 0.1) is 12.7 Å². The van der Waals surface area contributed by atoms with Crippen molar-refractivity contribution in [3.63, 3.8) is 0 Å². The molecule has 0 spiro atoms. The van der Waals surface area contributed by atoms with Crippen molar-refractivity contribution in [2.75, 3.05) is 13.2 Å². The van der Waals surface area contributed by atoms with Crippen molar-refractivity contribution in [2.45, 2.75) is 20.3 Å². The third kappa shape index (κ3) is 3.44. The number of Topliss-reactive ketones (excluding diaryl/α,β-unsaturated/α-hetero) is 1. The average Bonchev–Trinajstić information content (AvgIpc) is 2.17. The standard InChI is InChI=1S/C12H15FO2/c1-3-6-15-8-12(14)10-5-4-9(2)7-11(10)13/h4-5,7H,3,6,8H2,1-2H3. The molecule has 0 unspecified atom stereocenters. The van der Waals surface area contributed by atoms with E-state index in [1.54, 1.807) is 13.0 Å². The lowest BCUT2D eigenvalue weighted by atomic mass is 10.1. The van der Waals surface area contributed by atoms with Gasteiger partial charge in [-0.3, -0.25) is 4.79 Å². The molecule has 1 aromatic carbocycles. The first kappa shape index (κ1) is 11.9. The van der Waals surface area contributed by atoms with Crippen molar-refractivity contribution in [1.29, 1.82) is 0 Å². The molecule has 15 heavy (non-hydrogen) atoms. The number of carbonyl (C=O) groups is 1. The molecule has 0 saturated carbocycles. The van der Waals surface area contributed by atoms with Crippen LogP contribution in [-0.2, 0) is 4.74 Å². The first-order valence-electron chi connectivity index (χ1n) is 5.02. The molecule has 0 aromatic heterocycles. The summed E-state index contributed by atoms with van der Waals surface area (Å²) in [5, 5.41) is 0. The van der Waals surface area contributed by atoms with Gasteiger partial charge in [0.2, 0.25) is 0 Å². The Balaban J connectivity index is 2.65. The van der Waals surface area contributed by atoms with E-state index in [0.29, 0.717) is 6.61 Å². The zero-order valence-electron chi connectivity index (χ0n) is 9.05. The number of aryl methyl sites for hydroxylation is 1. The number of ketones is 1. The second-order valence-corrected chi connectivity index (χ2v) is 3.46.